The fourth-order valence-electron chi connectivity index (χ4n) is 8.41. The number of allylic oxidation sites excluding steroid dienone is 2. The second kappa shape index (κ2) is 11.8. The van der Waals surface area contributed by atoms with Crippen LogP contribution in [0, 0.1) is 13.8 Å². The van der Waals surface area contributed by atoms with E-state index in [0.717, 1.165) is 0 Å². The Morgan fingerprint density at radius 2 is 0.891 bits per heavy atom. The van der Waals surface area contributed by atoms with Crippen LogP contribution in [0.4, 0.5) is 0 Å². The SMILES string of the molecule is Cc1ccc2c(c1-c1ccccc1)C=C([Si](C)(C)C)[CH]2[Zr]([Cl])([Cl])([CH]1C([Si](C)(C)C)=Cc2c1ccc(C)c2-c1ccccc1)[SiH](C)C. The van der Waals surface area contributed by atoms with E-state index in [9.17, 15) is 0 Å². The minimum absolute atomic E-state index is 0.123. The Bertz CT molecular complexity index is 1760. The molecule has 0 amide bonds. The molecule has 0 aromatic heterocycles. The van der Waals surface area contributed by atoms with Gasteiger partial charge in [0.15, 0.2) is 0 Å². The second-order valence-corrected chi connectivity index (χ2v) is 68.9. The van der Waals surface area contributed by atoms with Crippen LogP contribution in [0.3, 0.4) is 0 Å². The molecule has 239 valence electrons. The number of rotatable bonds is 7. The molecular weight excluding hydrogens is 727 g/mol. The zero-order valence-corrected chi connectivity index (χ0v) is 36.4. The van der Waals surface area contributed by atoms with Crippen LogP contribution in [0.5, 0.6) is 0 Å². The van der Waals surface area contributed by atoms with Gasteiger partial charge in [-0.05, 0) is 0 Å². The van der Waals surface area contributed by atoms with Crippen molar-refractivity contribution in [1.29, 1.82) is 0 Å². The number of fused-ring (bicyclic) bond motifs is 2. The molecule has 0 bridgehead atoms. The number of aryl methyl sites for hydroxylation is 2. The van der Waals surface area contributed by atoms with Crippen molar-refractivity contribution in [2.75, 3.05) is 0 Å². The van der Waals surface area contributed by atoms with Gasteiger partial charge in [0.2, 0.25) is 0 Å². The summed E-state index contributed by atoms with van der Waals surface area (Å²) in [4.78, 5) is 0. The van der Waals surface area contributed by atoms with E-state index in [4.69, 9.17) is 17.0 Å². The molecule has 2 unspecified atom stereocenters. The third-order valence-corrected chi connectivity index (χ3v) is 68.2. The van der Waals surface area contributed by atoms with Crippen LogP contribution in [0.1, 0.15) is 40.6 Å². The quantitative estimate of drug-likeness (QED) is 0.164. The molecule has 0 saturated carbocycles. The van der Waals surface area contributed by atoms with Crippen molar-refractivity contribution in [2.45, 2.75) is 73.5 Å². The van der Waals surface area contributed by atoms with Gasteiger partial charge in [-0.2, -0.15) is 0 Å². The van der Waals surface area contributed by atoms with Gasteiger partial charge in [0, 0.05) is 0 Å². The van der Waals surface area contributed by atoms with E-state index in [1.807, 2.05) is 0 Å². The average Bonchev–Trinajstić information content (AvgIpc) is 3.59. The van der Waals surface area contributed by atoms with Gasteiger partial charge in [-0.15, -0.1) is 0 Å². The molecule has 4 aromatic rings. The predicted octanol–water partition coefficient (Wildman–Crippen LogP) is 12.9. The van der Waals surface area contributed by atoms with Crippen LogP contribution >= 0.6 is 17.0 Å². The topological polar surface area (TPSA) is 0 Å². The standard InChI is InChI=1S/2C19H21Si.C2H7Si.2ClH.Zr/c2*1-14-10-11-16-12-17(20(2,3)4)13-18(16)19(14)15-8-6-5-7-9-15;1-3-2;;;/h2*5-13H,1-4H3;3H,1-2H3;2*1H;/q;;;;;+2/p-2. The first-order chi connectivity index (χ1) is 21.5. The van der Waals surface area contributed by atoms with Gasteiger partial charge >= 0.3 is 291 Å². The van der Waals surface area contributed by atoms with Crippen LogP contribution in [0.25, 0.3) is 34.4 Å². The summed E-state index contributed by atoms with van der Waals surface area (Å²) >= 11 is -4.92. The zero-order valence-electron chi connectivity index (χ0n) is 29.2. The molecule has 2 aliphatic rings. The number of halogens is 2. The van der Waals surface area contributed by atoms with E-state index in [1.54, 1.807) is 10.4 Å². The predicted molar refractivity (Wildman–Crippen MR) is 212 cm³/mol. The Morgan fingerprint density at radius 3 is 1.20 bits per heavy atom. The Balaban J connectivity index is 1.70. The Morgan fingerprint density at radius 1 is 0.543 bits per heavy atom. The maximum absolute atomic E-state index is 8.88. The zero-order chi connectivity index (χ0) is 33.4. The maximum atomic E-state index is 8.88. The van der Waals surface area contributed by atoms with Crippen LogP contribution in [0.2, 0.25) is 52.4 Å². The summed E-state index contributed by atoms with van der Waals surface area (Å²) in [6.45, 7) is 24.5. The average molecular weight is 776 g/mol. The van der Waals surface area contributed by atoms with Crippen molar-refractivity contribution in [3.05, 3.63) is 129 Å². The Hall–Kier alpha value is -1.53. The van der Waals surface area contributed by atoms with E-state index >= 15 is 0 Å². The van der Waals surface area contributed by atoms with Crippen molar-refractivity contribution in [3.8, 4) is 22.3 Å². The van der Waals surface area contributed by atoms with Gasteiger partial charge in [-0.1, -0.05) is 0 Å². The third kappa shape index (κ3) is 5.39. The summed E-state index contributed by atoms with van der Waals surface area (Å²) in [5.41, 5.74) is 13.4. The molecule has 0 nitrogen and oxygen atoms in total. The molecule has 0 spiro atoms. The Kier molecular flexibility index (Phi) is 8.82. The van der Waals surface area contributed by atoms with Crippen molar-refractivity contribution in [3.63, 3.8) is 0 Å². The second-order valence-electron chi connectivity index (χ2n) is 16.2. The van der Waals surface area contributed by atoms with Gasteiger partial charge in [0.1, 0.15) is 0 Å². The van der Waals surface area contributed by atoms with Gasteiger partial charge in [-0.3, -0.25) is 0 Å². The van der Waals surface area contributed by atoms with Crippen molar-refractivity contribution in [1.82, 2.24) is 0 Å². The Labute approximate surface area is 288 Å². The molecule has 0 saturated heterocycles. The van der Waals surface area contributed by atoms with E-state index in [-0.39, 0.29) is 7.25 Å². The van der Waals surface area contributed by atoms with E-state index < -0.39 is 37.6 Å². The molecule has 4 aromatic carbocycles. The molecular formula is C40H49Cl2Si3Zr. The van der Waals surface area contributed by atoms with Crippen LogP contribution in [-0.4, -0.2) is 22.1 Å². The first-order valence-corrected chi connectivity index (χ1v) is 40.2. The summed E-state index contributed by atoms with van der Waals surface area (Å²) in [5, 5.41) is 3.14. The minimum atomic E-state index is -4.92. The molecule has 2 atom stereocenters. The fourth-order valence-corrected chi connectivity index (χ4v) is 55.1. The normalized spacial score (nSPS) is 18.9. The molecule has 0 aliphatic heterocycles. The van der Waals surface area contributed by atoms with E-state index in [0.29, 0.717) is 0 Å². The first kappa shape index (κ1) is 34.3. The number of hydrogen-bond acceptors (Lipinski definition) is 0. The van der Waals surface area contributed by atoms with Crippen LogP contribution < -0.4 is 0 Å². The van der Waals surface area contributed by atoms with Crippen molar-refractivity contribution >= 4 is 51.2 Å². The third-order valence-electron chi connectivity index (χ3n) is 10.9. The monoisotopic (exact) mass is 773 g/mol. The van der Waals surface area contributed by atoms with Gasteiger partial charge in [0.25, 0.3) is 0 Å². The molecule has 0 fully saturated rings. The summed E-state index contributed by atoms with van der Waals surface area (Å²) in [7, 11) is 14.0. The summed E-state index contributed by atoms with van der Waals surface area (Å²) < 4.78 is 0.247. The van der Waals surface area contributed by atoms with Crippen molar-refractivity contribution in [2.24, 2.45) is 0 Å². The van der Waals surface area contributed by atoms with Gasteiger partial charge in [-0.25, -0.2) is 0 Å². The summed E-state index contributed by atoms with van der Waals surface area (Å²) in [5.74, 6) is -1.66. The van der Waals surface area contributed by atoms with Crippen molar-refractivity contribution < 1.29 is 15.6 Å². The molecule has 0 N–H and O–H groups in total. The number of benzene rings is 4. The fraction of sp³-hybridized carbons (Fsp3) is 0.300. The van der Waals surface area contributed by atoms with Gasteiger partial charge < -0.3 is 0 Å². The molecule has 2 aliphatic carbocycles. The molecule has 6 rings (SSSR count). The van der Waals surface area contributed by atoms with Crippen LogP contribution in [-0.2, 0) is 15.6 Å². The van der Waals surface area contributed by atoms with E-state index in [1.165, 1.54) is 55.6 Å². The van der Waals surface area contributed by atoms with Gasteiger partial charge in [0.05, 0.1) is 0 Å². The molecule has 46 heavy (non-hydrogen) atoms. The molecule has 6 heteroatoms. The molecule has 0 heterocycles. The summed E-state index contributed by atoms with van der Waals surface area (Å²) in [6.07, 6.45) is 5.16. The first-order valence-electron chi connectivity index (χ1n) is 16.9. The van der Waals surface area contributed by atoms with E-state index in [2.05, 4.69) is 163 Å². The molecule has 0 radical (unpaired) electrons. The number of hydrogen-bond donors (Lipinski definition) is 0. The van der Waals surface area contributed by atoms with Crippen LogP contribution in [0.15, 0.2) is 95.3 Å². The summed E-state index contributed by atoms with van der Waals surface area (Å²) in [6, 6.07) is 31.4.